The fourth-order valence-electron chi connectivity index (χ4n) is 2.99. The summed E-state index contributed by atoms with van der Waals surface area (Å²) in [4.78, 5) is 38.3. The number of hydrogen-bond acceptors (Lipinski definition) is 3. The van der Waals surface area contributed by atoms with Crippen LogP contribution in [0, 0.1) is 5.82 Å². The van der Waals surface area contributed by atoms with E-state index in [9.17, 15) is 18.8 Å². The Morgan fingerprint density at radius 3 is 2.64 bits per heavy atom. The minimum atomic E-state index is -0.571. The molecule has 1 aromatic heterocycles. The molecule has 0 aliphatic rings. The van der Waals surface area contributed by atoms with Gasteiger partial charge in [0.1, 0.15) is 12.4 Å². The van der Waals surface area contributed by atoms with Crippen LogP contribution in [-0.4, -0.2) is 15.0 Å². The Morgan fingerprint density at radius 1 is 1.21 bits per heavy atom. The Balaban J connectivity index is 2.07. The van der Waals surface area contributed by atoms with Crippen molar-refractivity contribution in [2.45, 2.75) is 32.9 Å². The molecule has 28 heavy (non-hydrogen) atoms. The molecular weight excluding hydrogens is 385 g/mol. The molecule has 0 radical (unpaired) electrons. The van der Waals surface area contributed by atoms with Crippen molar-refractivity contribution in [3.63, 3.8) is 0 Å². The van der Waals surface area contributed by atoms with Crippen LogP contribution in [0.25, 0.3) is 10.9 Å². The van der Waals surface area contributed by atoms with Crippen molar-refractivity contribution >= 4 is 34.1 Å². The van der Waals surface area contributed by atoms with Gasteiger partial charge in [-0.25, -0.2) is 9.18 Å². The number of carbonyl (C=O) groups excluding carboxylic acids is 1. The molecule has 0 spiro atoms. The second-order valence-corrected chi connectivity index (χ2v) is 6.90. The first kappa shape index (κ1) is 19.8. The van der Waals surface area contributed by atoms with E-state index < -0.39 is 17.4 Å². The van der Waals surface area contributed by atoms with E-state index in [0.717, 1.165) is 10.6 Å². The Kier molecular flexibility index (Phi) is 5.65. The summed E-state index contributed by atoms with van der Waals surface area (Å²) in [5, 5.41) is 3.03. The van der Waals surface area contributed by atoms with E-state index in [1.807, 2.05) is 6.92 Å². The fraction of sp³-hybridized carbons (Fsp3) is 0.250. The highest BCUT2D eigenvalue weighted by molar-refractivity contribution is 6.33. The quantitative estimate of drug-likeness (QED) is 0.707. The first-order valence-corrected chi connectivity index (χ1v) is 9.20. The molecule has 1 unspecified atom stereocenters. The molecule has 1 N–H and O–H groups in total. The molecule has 8 heteroatoms. The number of rotatable bonds is 5. The SMILES string of the molecule is CCC(C)n1c(=O)c2ccccc2n(CC(=O)Nc2cc(F)ccc2Cl)c1=O. The van der Waals surface area contributed by atoms with Crippen molar-refractivity contribution in [3.05, 3.63) is 74.1 Å². The fourth-order valence-corrected chi connectivity index (χ4v) is 3.16. The Labute approximate surface area is 165 Å². The van der Waals surface area contributed by atoms with Crippen LogP contribution >= 0.6 is 11.6 Å². The molecule has 0 saturated carbocycles. The number of benzene rings is 2. The van der Waals surface area contributed by atoms with Crippen molar-refractivity contribution in [3.8, 4) is 0 Å². The molecule has 0 saturated heterocycles. The van der Waals surface area contributed by atoms with Crippen molar-refractivity contribution in [2.75, 3.05) is 5.32 Å². The molecule has 0 aliphatic carbocycles. The Bertz CT molecular complexity index is 1170. The normalized spacial score (nSPS) is 12.1. The van der Waals surface area contributed by atoms with E-state index in [0.29, 0.717) is 17.3 Å². The van der Waals surface area contributed by atoms with Gasteiger partial charge in [-0.15, -0.1) is 0 Å². The molecule has 6 nitrogen and oxygen atoms in total. The van der Waals surface area contributed by atoms with Gasteiger partial charge in [-0.2, -0.15) is 0 Å². The minimum Gasteiger partial charge on any atom is -0.323 e. The van der Waals surface area contributed by atoms with Crippen LogP contribution in [0.3, 0.4) is 0 Å². The molecule has 0 aliphatic heterocycles. The van der Waals surface area contributed by atoms with Gasteiger partial charge in [0.15, 0.2) is 0 Å². The maximum Gasteiger partial charge on any atom is 0.332 e. The third-order valence-corrected chi connectivity index (χ3v) is 4.95. The van der Waals surface area contributed by atoms with E-state index in [4.69, 9.17) is 11.6 Å². The summed E-state index contributed by atoms with van der Waals surface area (Å²) in [5.74, 6) is -1.11. The number of para-hydroxylation sites is 1. The van der Waals surface area contributed by atoms with Gasteiger partial charge in [0, 0.05) is 6.04 Å². The molecule has 2 aromatic carbocycles. The lowest BCUT2D eigenvalue weighted by Gasteiger charge is -2.17. The summed E-state index contributed by atoms with van der Waals surface area (Å²) in [5.41, 5.74) is -0.491. The summed E-state index contributed by atoms with van der Waals surface area (Å²) in [7, 11) is 0. The second kappa shape index (κ2) is 7.98. The van der Waals surface area contributed by atoms with Crippen molar-refractivity contribution < 1.29 is 9.18 Å². The number of hydrogen-bond donors (Lipinski definition) is 1. The van der Waals surface area contributed by atoms with Crippen LogP contribution in [0.5, 0.6) is 0 Å². The summed E-state index contributed by atoms with van der Waals surface area (Å²) >= 11 is 5.98. The number of carbonyl (C=O) groups is 1. The number of nitrogens with one attached hydrogen (secondary N) is 1. The van der Waals surface area contributed by atoms with Crippen molar-refractivity contribution in [1.29, 1.82) is 0 Å². The number of fused-ring (bicyclic) bond motifs is 1. The molecule has 0 fully saturated rings. The van der Waals surface area contributed by atoms with Gasteiger partial charge in [-0.3, -0.25) is 18.7 Å². The highest BCUT2D eigenvalue weighted by Crippen LogP contribution is 2.22. The smallest absolute Gasteiger partial charge is 0.323 e. The van der Waals surface area contributed by atoms with Crippen LogP contribution in [0.4, 0.5) is 10.1 Å². The van der Waals surface area contributed by atoms with Crippen LogP contribution in [-0.2, 0) is 11.3 Å². The summed E-state index contributed by atoms with van der Waals surface area (Å²) in [6, 6.07) is 9.90. The van der Waals surface area contributed by atoms with Crippen LogP contribution in [0.15, 0.2) is 52.1 Å². The Hall–Kier alpha value is -2.93. The lowest BCUT2D eigenvalue weighted by Crippen LogP contribution is -2.43. The number of halogens is 2. The first-order chi connectivity index (χ1) is 13.3. The molecule has 146 valence electrons. The van der Waals surface area contributed by atoms with Gasteiger partial charge >= 0.3 is 5.69 Å². The van der Waals surface area contributed by atoms with E-state index in [1.54, 1.807) is 31.2 Å². The lowest BCUT2D eigenvalue weighted by atomic mass is 10.2. The minimum absolute atomic E-state index is 0.110. The first-order valence-electron chi connectivity index (χ1n) is 8.82. The summed E-state index contributed by atoms with van der Waals surface area (Å²) in [6.07, 6.45) is 0.582. The van der Waals surface area contributed by atoms with Crippen LogP contribution in [0.2, 0.25) is 5.02 Å². The zero-order valence-corrected chi connectivity index (χ0v) is 16.2. The van der Waals surface area contributed by atoms with Crippen molar-refractivity contribution in [1.82, 2.24) is 9.13 Å². The third kappa shape index (κ3) is 3.71. The predicted octanol–water partition coefficient (Wildman–Crippen LogP) is 3.57. The molecule has 1 atom stereocenters. The zero-order chi connectivity index (χ0) is 20.4. The second-order valence-electron chi connectivity index (χ2n) is 6.49. The molecule has 0 bridgehead atoms. The van der Waals surface area contributed by atoms with E-state index in [-0.39, 0.29) is 28.9 Å². The summed E-state index contributed by atoms with van der Waals surface area (Å²) < 4.78 is 15.8. The third-order valence-electron chi connectivity index (χ3n) is 4.62. The molecular formula is C20H19ClFN3O3. The molecule has 3 rings (SSSR count). The molecule has 1 heterocycles. The average Bonchev–Trinajstić information content (AvgIpc) is 2.68. The predicted molar refractivity (Wildman–Crippen MR) is 108 cm³/mol. The molecule has 1 amide bonds. The van der Waals surface area contributed by atoms with Gasteiger partial charge in [-0.1, -0.05) is 30.7 Å². The van der Waals surface area contributed by atoms with Gasteiger partial charge in [0.2, 0.25) is 5.91 Å². The number of anilines is 1. The van der Waals surface area contributed by atoms with Crippen LogP contribution < -0.4 is 16.6 Å². The van der Waals surface area contributed by atoms with E-state index >= 15 is 0 Å². The van der Waals surface area contributed by atoms with Crippen molar-refractivity contribution in [2.24, 2.45) is 0 Å². The average molecular weight is 404 g/mol. The number of aromatic nitrogens is 2. The van der Waals surface area contributed by atoms with Gasteiger partial charge in [0.25, 0.3) is 5.56 Å². The Morgan fingerprint density at radius 2 is 1.93 bits per heavy atom. The highest BCUT2D eigenvalue weighted by atomic mass is 35.5. The molecule has 3 aromatic rings. The van der Waals surface area contributed by atoms with E-state index in [2.05, 4.69) is 5.32 Å². The maximum absolute atomic E-state index is 13.4. The van der Waals surface area contributed by atoms with Gasteiger partial charge < -0.3 is 5.32 Å². The summed E-state index contributed by atoms with van der Waals surface area (Å²) in [6.45, 7) is 3.30. The van der Waals surface area contributed by atoms with Gasteiger partial charge in [0.05, 0.1) is 21.6 Å². The standard InChI is InChI=1S/C20H19ClFN3O3/c1-3-12(2)25-19(27)14-6-4-5-7-17(14)24(20(25)28)11-18(26)23-16-10-13(22)8-9-15(16)21/h4-10,12H,3,11H2,1-2H3,(H,23,26). The number of nitrogens with zero attached hydrogens (tertiary/aromatic N) is 2. The highest BCUT2D eigenvalue weighted by Gasteiger charge is 2.18. The van der Waals surface area contributed by atoms with Crippen LogP contribution in [0.1, 0.15) is 26.3 Å². The largest absolute Gasteiger partial charge is 0.332 e. The van der Waals surface area contributed by atoms with Gasteiger partial charge in [-0.05, 0) is 43.7 Å². The number of amides is 1. The zero-order valence-electron chi connectivity index (χ0n) is 15.4. The van der Waals surface area contributed by atoms with E-state index in [1.165, 1.54) is 16.7 Å². The topological polar surface area (TPSA) is 73.1 Å². The monoisotopic (exact) mass is 403 g/mol. The maximum atomic E-state index is 13.4. The lowest BCUT2D eigenvalue weighted by molar-refractivity contribution is -0.116.